The summed E-state index contributed by atoms with van der Waals surface area (Å²) >= 11 is 0. The van der Waals surface area contributed by atoms with Crippen LogP contribution in [0.25, 0.3) is 11.1 Å². The molecule has 0 spiro atoms. The first-order valence-electron chi connectivity index (χ1n) is 7.85. The molecule has 0 aliphatic rings. The quantitative estimate of drug-likeness (QED) is 0.881. The van der Waals surface area contributed by atoms with Gasteiger partial charge >= 0.3 is 5.97 Å². The normalized spacial score (nSPS) is 11.3. The molecule has 2 rings (SSSR count). The fraction of sp³-hybridized carbons (Fsp3) is 0.368. The van der Waals surface area contributed by atoms with Gasteiger partial charge in [-0.3, -0.25) is 9.59 Å². The fourth-order valence-electron chi connectivity index (χ4n) is 2.71. The number of hydrogen-bond donors (Lipinski definition) is 2. The van der Waals surface area contributed by atoms with E-state index in [0.717, 1.165) is 16.7 Å². The van der Waals surface area contributed by atoms with Crippen molar-refractivity contribution in [1.82, 2.24) is 4.98 Å². The Kier molecular flexibility index (Phi) is 5.12. The Morgan fingerprint density at radius 2 is 1.96 bits per heavy atom. The summed E-state index contributed by atoms with van der Waals surface area (Å²) in [5.74, 6) is -0.166. The summed E-state index contributed by atoms with van der Waals surface area (Å²) in [7, 11) is 1.60. The van der Waals surface area contributed by atoms with Crippen LogP contribution in [0.2, 0.25) is 0 Å². The zero-order valence-electron chi connectivity index (χ0n) is 14.5. The van der Waals surface area contributed by atoms with Crippen LogP contribution in [-0.2, 0) is 16.6 Å². The number of aromatic nitrogens is 1. The smallest absolute Gasteiger partial charge is 0.303 e. The van der Waals surface area contributed by atoms with Gasteiger partial charge in [-0.2, -0.15) is 0 Å². The Bertz CT molecular complexity index is 800. The van der Waals surface area contributed by atoms with E-state index >= 15 is 0 Å². The zero-order valence-corrected chi connectivity index (χ0v) is 14.5. The molecular weight excluding hydrogens is 306 g/mol. The number of aliphatic carboxylic acids is 1. The predicted molar refractivity (Wildman–Crippen MR) is 93.7 cm³/mol. The molecule has 2 aromatic rings. The first kappa shape index (κ1) is 17.8. The molecule has 0 aliphatic carbocycles. The highest BCUT2D eigenvalue weighted by Gasteiger charge is 2.22. The fourth-order valence-corrected chi connectivity index (χ4v) is 2.71. The van der Waals surface area contributed by atoms with E-state index in [1.807, 2.05) is 12.1 Å². The summed E-state index contributed by atoms with van der Waals surface area (Å²) in [5.41, 5.74) is 2.68. The average Bonchev–Trinajstić information content (AvgIpc) is 2.51. The van der Waals surface area contributed by atoms with E-state index in [2.05, 4.69) is 25.8 Å². The van der Waals surface area contributed by atoms with Gasteiger partial charge in [0.2, 0.25) is 0 Å². The lowest BCUT2D eigenvalue weighted by Gasteiger charge is -2.24. The topological polar surface area (TPSA) is 79.4 Å². The third-order valence-corrected chi connectivity index (χ3v) is 3.95. The van der Waals surface area contributed by atoms with Crippen LogP contribution in [0.15, 0.2) is 35.3 Å². The molecule has 0 fully saturated rings. The van der Waals surface area contributed by atoms with Crippen LogP contribution in [0.1, 0.15) is 38.3 Å². The minimum atomic E-state index is -0.873. The molecule has 1 aromatic carbocycles. The van der Waals surface area contributed by atoms with Crippen molar-refractivity contribution in [2.24, 2.45) is 0 Å². The lowest BCUT2D eigenvalue weighted by molar-refractivity contribution is -0.136. The third kappa shape index (κ3) is 3.85. The second-order valence-electron chi connectivity index (χ2n) is 6.77. The van der Waals surface area contributed by atoms with E-state index in [0.29, 0.717) is 17.7 Å². The molecule has 0 atom stereocenters. The third-order valence-electron chi connectivity index (χ3n) is 3.95. The predicted octanol–water partition coefficient (Wildman–Crippen LogP) is 3.37. The molecule has 1 aromatic heterocycles. The van der Waals surface area contributed by atoms with E-state index < -0.39 is 5.97 Å². The molecule has 24 heavy (non-hydrogen) atoms. The van der Waals surface area contributed by atoms with Crippen molar-refractivity contribution in [2.45, 2.75) is 39.0 Å². The Balaban J connectivity index is 2.70. The number of H-pyrrole nitrogens is 1. The molecule has 0 amide bonds. The standard InChI is InChI=1S/C19H23NO4/c1-19(2,3)15-11-14(13-6-5-9-20-18(13)23)12(7-8-17(21)22)10-16(15)24-4/h5-6,9-11H,7-8H2,1-4H3,(H,20,23)(H,21,22). The van der Waals surface area contributed by atoms with Gasteiger partial charge in [0.1, 0.15) is 5.75 Å². The second-order valence-corrected chi connectivity index (χ2v) is 6.77. The molecule has 128 valence electrons. The average molecular weight is 329 g/mol. The lowest BCUT2D eigenvalue weighted by atomic mass is 9.82. The number of pyridine rings is 1. The number of aromatic amines is 1. The molecule has 0 saturated heterocycles. The maximum absolute atomic E-state index is 12.2. The molecule has 0 bridgehead atoms. The zero-order chi connectivity index (χ0) is 17.9. The number of hydrogen-bond acceptors (Lipinski definition) is 3. The largest absolute Gasteiger partial charge is 0.496 e. The van der Waals surface area contributed by atoms with Crippen LogP contribution in [0.5, 0.6) is 5.75 Å². The molecule has 5 heteroatoms. The number of carboxylic acid groups (broad SMARTS) is 1. The first-order valence-corrected chi connectivity index (χ1v) is 7.85. The van der Waals surface area contributed by atoms with Gasteiger partial charge in [0, 0.05) is 23.7 Å². The maximum Gasteiger partial charge on any atom is 0.303 e. The van der Waals surface area contributed by atoms with Crippen molar-refractivity contribution in [3.05, 3.63) is 51.9 Å². The number of aryl methyl sites for hydroxylation is 1. The van der Waals surface area contributed by atoms with Gasteiger partial charge in [0.25, 0.3) is 5.56 Å². The summed E-state index contributed by atoms with van der Waals surface area (Å²) in [5, 5.41) is 9.00. The molecule has 0 saturated carbocycles. The van der Waals surface area contributed by atoms with E-state index in [9.17, 15) is 9.59 Å². The Hall–Kier alpha value is -2.56. The molecule has 5 nitrogen and oxygen atoms in total. The molecule has 2 N–H and O–H groups in total. The minimum absolute atomic E-state index is 0.00421. The van der Waals surface area contributed by atoms with Gasteiger partial charge in [0.05, 0.1) is 7.11 Å². The highest BCUT2D eigenvalue weighted by atomic mass is 16.5. The van der Waals surface area contributed by atoms with Gasteiger partial charge in [-0.15, -0.1) is 0 Å². The number of nitrogens with one attached hydrogen (secondary N) is 1. The summed E-state index contributed by atoms with van der Waals surface area (Å²) in [4.78, 5) is 25.9. The number of methoxy groups -OCH3 is 1. The van der Waals surface area contributed by atoms with Crippen LogP contribution in [-0.4, -0.2) is 23.2 Å². The van der Waals surface area contributed by atoms with Crippen LogP contribution in [0.3, 0.4) is 0 Å². The van der Waals surface area contributed by atoms with Crippen molar-refractivity contribution in [1.29, 1.82) is 0 Å². The van der Waals surface area contributed by atoms with Crippen LogP contribution in [0.4, 0.5) is 0 Å². The molecule has 1 heterocycles. The van der Waals surface area contributed by atoms with E-state index in [1.54, 1.807) is 25.4 Å². The lowest BCUT2D eigenvalue weighted by Crippen LogP contribution is -2.15. The van der Waals surface area contributed by atoms with Crippen LogP contribution >= 0.6 is 0 Å². The van der Waals surface area contributed by atoms with Gasteiger partial charge in [-0.25, -0.2) is 0 Å². The SMILES string of the molecule is COc1cc(CCC(=O)O)c(-c2ccc[nH]c2=O)cc1C(C)(C)C. The van der Waals surface area contributed by atoms with E-state index in [-0.39, 0.29) is 17.4 Å². The van der Waals surface area contributed by atoms with Gasteiger partial charge in [-0.05, 0) is 47.2 Å². The molecule has 0 radical (unpaired) electrons. The highest BCUT2D eigenvalue weighted by molar-refractivity contribution is 5.72. The van der Waals surface area contributed by atoms with Crippen molar-refractivity contribution < 1.29 is 14.6 Å². The van der Waals surface area contributed by atoms with Gasteiger partial charge in [0.15, 0.2) is 0 Å². The van der Waals surface area contributed by atoms with Crippen molar-refractivity contribution >= 4 is 5.97 Å². The van der Waals surface area contributed by atoms with E-state index in [4.69, 9.17) is 9.84 Å². The van der Waals surface area contributed by atoms with E-state index in [1.165, 1.54) is 0 Å². The van der Waals surface area contributed by atoms with Crippen LogP contribution in [0, 0.1) is 0 Å². The number of ether oxygens (including phenoxy) is 1. The Morgan fingerprint density at radius 1 is 1.25 bits per heavy atom. The van der Waals surface area contributed by atoms with Crippen molar-refractivity contribution in [3.8, 4) is 16.9 Å². The number of carbonyl (C=O) groups is 1. The van der Waals surface area contributed by atoms with Crippen molar-refractivity contribution in [2.75, 3.05) is 7.11 Å². The highest BCUT2D eigenvalue weighted by Crippen LogP contribution is 2.37. The van der Waals surface area contributed by atoms with Crippen molar-refractivity contribution in [3.63, 3.8) is 0 Å². The summed E-state index contributed by atoms with van der Waals surface area (Å²) in [6.07, 6.45) is 1.91. The number of carboxylic acids is 1. The first-order chi connectivity index (χ1) is 11.2. The Morgan fingerprint density at radius 3 is 2.50 bits per heavy atom. The summed E-state index contributed by atoms with van der Waals surface area (Å²) in [6.45, 7) is 6.21. The minimum Gasteiger partial charge on any atom is -0.496 e. The molecule has 0 unspecified atom stereocenters. The number of benzene rings is 1. The molecule has 0 aliphatic heterocycles. The molecular formula is C19H23NO4. The van der Waals surface area contributed by atoms with Crippen LogP contribution < -0.4 is 10.3 Å². The van der Waals surface area contributed by atoms with Gasteiger partial charge in [-0.1, -0.05) is 20.8 Å². The second kappa shape index (κ2) is 6.91. The monoisotopic (exact) mass is 329 g/mol. The van der Waals surface area contributed by atoms with Gasteiger partial charge < -0.3 is 14.8 Å². The number of rotatable bonds is 5. The summed E-state index contributed by atoms with van der Waals surface area (Å²) < 4.78 is 5.51. The summed E-state index contributed by atoms with van der Waals surface area (Å²) in [6, 6.07) is 7.31. The maximum atomic E-state index is 12.2. The Labute approximate surface area is 141 Å².